The first-order chi connectivity index (χ1) is 9.52. The summed E-state index contributed by atoms with van der Waals surface area (Å²) in [4.78, 5) is 26.2. The quantitative estimate of drug-likeness (QED) is 0.693. The van der Waals surface area contributed by atoms with Crippen LogP contribution in [-0.4, -0.2) is 20.4 Å². The minimum Gasteiger partial charge on any atom is -0.337 e. The van der Waals surface area contributed by atoms with Gasteiger partial charge in [0.15, 0.2) is 0 Å². The van der Waals surface area contributed by atoms with Crippen LogP contribution in [0.5, 0.6) is 0 Å². The van der Waals surface area contributed by atoms with Gasteiger partial charge in [0.05, 0.1) is 28.0 Å². The number of aromatic nitrogens is 2. The van der Waals surface area contributed by atoms with E-state index in [9.17, 15) is 14.9 Å². The fraction of sp³-hybridized carbons (Fsp3) is 0.167. The summed E-state index contributed by atoms with van der Waals surface area (Å²) in [5.74, 6) is -0.477. The molecule has 7 nitrogen and oxygen atoms in total. The molecule has 1 N–H and O–H groups in total. The molecule has 0 radical (unpaired) electrons. The van der Waals surface area contributed by atoms with Gasteiger partial charge in [0.1, 0.15) is 5.69 Å². The number of anilines is 1. The predicted molar refractivity (Wildman–Crippen MR) is 74.0 cm³/mol. The second kappa shape index (κ2) is 5.70. The Balaban J connectivity index is 2.29. The Morgan fingerprint density at radius 1 is 1.60 bits per heavy atom. The number of nitro groups is 1. The second-order valence-corrected chi connectivity index (χ2v) is 4.34. The van der Waals surface area contributed by atoms with Crippen LogP contribution in [0.2, 0.25) is 5.02 Å². The van der Waals surface area contributed by atoms with E-state index in [1.165, 1.54) is 29.2 Å². The van der Waals surface area contributed by atoms with E-state index >= 15 is 0 Å². The summed E-state index contributed by atoms with van der Waals surface area (Å²) in [6.45, 7) is 2.23. The smallest absolute Gasteiger partial charge is 0.287 e. The van der Waals surface area contributed by atoms with Crippen molar-refractivity contribution in [2.45, 2.75) is 13.5 Å². The number of hydrogen-bond acceptors (Lipinski definition) is 4. The van der Waals surface area contributed by atoms with E-state index in [1.54, 1.807) is 13.0 Å². The van der Waals surface area contributed by atoms with Gasteiger partial charge in [0.25, 0.3) is 11.6 Å². The molecular formula is C12H11ClN4O3. The van der Waals surface area contributed by atoms with Crippen LogP contribution in [-0.2, 0) is 6.54 Å². The Morgan fingerprint density at radius 3 is 2.95 bits per heavy atom. The minimum absolute atomic E-state index is 0.130. The van der Waals surface area contributed by atoms with Gasteiger partial charge in [-0.25, -0.2) is 0 Å². The molecule has 20 heavy (non-hydrogen) atoms. The van der Waals surface area contributed by atoms with Crippen LogP contribution in [0.4, 0.5) is 11.4 Å². The Morgan fingerprint density at radius 2 is 2.35 bits per heavy atom. The normalized spacial score (nSPS) is 10.3. The van der Waals surface area contributed by atoms with Crippen molar-refractivity contribution in [2.24, 2.45) is 0 Å². The van der Waals surface area contributed by atoms with Crippen molar-refractivity contribution in [1.82, 2.24) is 9.55 Å². The molecule has 0 unspecified atom stereocenters. The molecule has 0 aliphatic rings. The molecule has 0 bridgehead atoms. The maximum Gasteiger partial charge on any atom is 0.287 e. The number of carbonyl (C=O) groups excluding carboxylic acids is 1. The van der Waals surface area contributed by atoms with E-state index in [2.05, 4.69) is 10.3 Å². The average Bonchev–Trinajstić information content (AvgIpc) is 2.85. The molecule has 0 fully saturated rings. The molecule has 2 aromatic rings. The highest BCUT2D eigenvalue weighted by Crippen LogP contribution is 2.22. The molecule has 104 valence electrons. The third-order valence-electron chi connectivity index (χ3n) is 2.68. The molecule has 8 heteroatoms. The molecule has 0 aromatic carbocycles. The SMILES string of the molecule is CCn1cc([N+](=O)[O-])cc1C(=O)Nc1cnccc1Cl. The molecule has 1 amide bonds. The maximum atomic E-state index is 12.1. The summed E-state index contributed by atoms with van der Waals surface area (Å²) in [7, 11) is 0. The first kappa shape index (κ1) is 14.0. The van der Waals surface area contributed by atoms with E-state index in [-0.39, 0.29) is 11.4 Å². The molecule has 0 saturated carbocycles. The molecule has 2 aromatic heterocycles. The van der Waals surface area contributed by atoms with Crippen molar-refractivity contribution >= 4 is 28.9 Å². The highest BCUT2D eigenvalue weighted by atomic mass is 35.5. The van der Waals surface area contributed by atoms with Crippen LogP contribution in [0.1, 0.15) is 17.4 Å². The summed E-state index contributed by atoms with van der Waals surface area (Å²) in [5.41, 5.74) is 0.416. The molecule has 2 rings (SSSR count). The fourth-order valence-corrected chi connectivity index (χ4v) is 1.86. The predicted octanol–water partition coefficient (Wildman–Crippen LogP) is 2.72. The average molecular weight is 295 g/mol. The number of carbonyl (C=O) groups is 1. The zero-order valence-electron chi connectivity index (χ0n) is 10.5. The summed E-state index contributed by atoms with van der Waals surface area (Å²) < 4.78 is 1.50. The number of nitrogens with zero attached hydrogens (tertiary/aromatic N) is 3. The molecule has 0 aliphatic heterocycles. The number of aryl methyl sites for hydroxylation is 1. The van der Waals surface area contributed by atoms with Gasteiger partial charge in [-0.15, -0.1) is 0 Å². The zero-order valence-corrected chi connectivity index (χ0v) is 11.3. The topological polar surface area (TPSA) is 90.1 Å². The number of amides is 1. The van der Waals surface area contributed by atoms with Crippen LogP contribution in [0.25, 0.3) is 0 Å². The van der Waals surface area contributed by atoms with Gasteiger partial charge in [-0.3, -0.25) is 19.9 Å². The van der Waals surface area contributed by atoms with Crippen molar-refractivity contribution in [3.8, 4) is 0 Å². The van der Waals surface area contributed by atoms with E-state index in [1.807, 2.05) is 0 Å². The Kier molecular flexibility index (Phi) is 3.99. The van der Waals surface area contributed by atoms with Gasteiger partial charge < -0.3 is 9.88 Å². The number of pyridine rings is 1. The summed E-state index contributed by atoms with van der Waals surface area (Å²) in [6, 6.07) is 2.77. The first-order valence-corrected chi connectivity index (χ1v) is 6.16. The molecular weight excluding hydrogens is 284 g/mol. The standard InChI is InChI=1S/C12H11ClN4O3/c1-2-16-7-8(17(19)20)5-11(16)12(18)15-10-6-14-4-3-9(10)13/h3-7H,2H2,1H3,(H,15,18). The van der Waals surface area contributed by atoms with Gasteiger partial charge in [0.2, 0.25) is 0 Å². The van der Waals surface area contributed by atoms with Crippen molar-refractivity contribution in [1.29, 1.82) is 0 Å². The Hall–Kier alpha value is -2.41. The van der Waals surface area contributed by atoms with Gasteiger partial charge >= 0.3 is 0 Å². The monoisotopic (exact) mass is 294 g/mol. The third-order valence-corrected chi connectivity index (χ3v) is 3.01. The van der Waals surface area contributed by atoms with Gasteiger partial charge in [-0.05, 0) is 13.0 Å². The van der Waals surface area contributed by atoms with Crippen LogP contribution in [0.15, 0.2) is 30.7 Å². The lowest BCUT2D eigenvalue weighted by atomic mass is 10.3. The lowest BCUT2D eigenvalue weighted by Crippen LogP contribution is -2.16. The third kappa shape index (κ3) is 2.77. The van der Waals surface area contributed by atoms with Crippen molar-refractivity contribution in [2.75, 3.05) is 5.32 Å². The van der Waals surface area contributed by atoms with Crippen LogP contribution in [0, 0.1) is 10.1 Å². The highest BCUT2D eigenvalue weighted by Gasteiger charge is 2.19. The zero-order chi connectivity index (χ0) is 14.7. The minimum atomic E-state index is -0.542. The molecule has 0 aliphatic carbocycles. The number of halogens is 1. The maximum absolute atomic E-state index is 12.1. The van der Waals surface area contributed by atoms with Crippen LogP contribution in [0.3, 0.4) is 0 Å². The largest absolute Gasteiger partial charge is 0.337 e. The Labute approximate surface area is 119 Å². The van der Waals surface area contributed by atoms with Gasteiger partial charge in [-0.1, -0.05) is 11.6 Å². The van der Waals surface area contributed by atoms with Crippen molar-refractivity contribution in [3.05, 3.63) is 51.6 Å². The lowest BCUT2D eigenvalue weighted by molar-refractivity contribution is -0.384. The second-order valence-electron chi connectivity index (χ2n) is 3.94. The summed E-state index contributed by atoms with van der Waals surface area (Å²) in [5, 5.41) is 13.7. The number of hydrogen-bond donors (Lipinski definition) is 1. The van der Waals surface area contributed by atoms with E-state index in [4.69, 9.17) is 11.6 Å². The molecule has 2 heterocycles. The fourth-order valence-electron chi connectivity index (χ4n) is 1.70. The van der Waals surface area contributed by atoms with Gasteiger partial charge in [-0.2, -0.15) is 0 Å². The number of rotatable bonds is 4. The molecule has 0 spiro atoms. The van der Waals surface area contributed by atoms with E-state index in [0.29, 0.717) is 17.3 Å². The van der Waals surface area contributed by atoms with Gasteiger partial charge in [0, 0.05) is 18.8 Å². The van der Waals surface area contributed by atoms with Crippen molar-refractivity contribution in [3.63, 3.8) is 0 Å². The van der Waals surface area contributed by atoms with Crippen molar-refractivity contribution < 1.29 is 9.72 Å². The molecule has 0 saturated heterocycles. The van der Waals surface area contributed by atoms with Crippen LogP contribution < -0.4 is 5.32 Å². The van der Waals surface area contributed by atoms with E-state index in [0.717, 1.165) is 0 Å². The first-order valence-electron chi connectivity index (χ1n) is 5.78. The Bertz CT molecular complexity index is 668. The number of nitrogens with one attached hydrogen (secondary N) is 1. The summed E-state index contributed by atoms with van der Waals surface area (Å²) >= 11 is 5.92. The lowest BCUT2D eigenvalue weighted by Gasteiger charge is -2.07. The van der Waals surface area contributed by atoms with E-state index < -0.39 is 10.8 Å². The van der Waals surface area contributed by atoms with Crippen LogP contribution >= 0.6 is 11.6 Å². The molecule has 0 atom stereocenters. The summed E-state index contributed by atoms with van der Waals surface area (Å²) in [6.07, 6.45) is 4.23. The highest BCUT2D eigenvalue weighted by molar-refractivity contribution is 6.33.